The second kappa shape index (κ2) is 17.8. The van der Waals surface area contributed by atoms with Crippen LogP contribution in [-0.4, -0.2) is 18.3 Å². The van der Waals surface area contributed by atoms with Gasteiger partial charge in [-0.25, -0.2) is 5.48 Å². The number of amides is 1. The summed E-state index contributed by atoms with van der Waals surface area (Å²) in [5.74, 6) is -0.606. The number of hydroxylamine groups is 1. The van der Waals surface area contributed by atoms with Crippen molar-refractivity contribution in [1.29, 1.82) is 0 Å². The molecule has 0 saturated carbocycles. The number of carbonyl (C=O) groups is 2. The van der Waals surface area contributed by atoms with E-state index in [0.29, 0.717) is 0 Å². The highest BCUT2D eigenvalue weighted by Gasteiger charge is 1.94. The summed E-state index contributed by atoms with van der Waals surface area (Å²) in [6, 6.07) is 0. The van der Waals surface area contributed by atoms with Crippen LogP contribution in [0.1, 0.15) is 34.6 Å². The largest absolute Gasteiger partial charge is 0.297 e. The molecule has 0 heterocycles. The first kappa shape index (κ1) is 18.6. The van der Waals surface area contributed by atoms with E-state index >= 15 is 0 Å². The molecule has 0 fully saturated rings. The molecule has 84 valence electrons. The van der Waals surface area contributed by atoms with E-state index in [-0.39, 0.29) is 12.4 Å². The van der Waals surface area contributed by atoms with Crippen LogP contribution in [0.5, 0.6) is 0 Å². The molecule has 1 N–H and O–H groups in total. The van der Waals surface area contributed by atoms with Crippen molar-refractivity contribution < 1.29 is 14.4 Å². The fourth-order valence-corrected chi connectivity index (χ4v) is 0.251. The molecule has 1 amide bonds. The monoisotopic (exact) mass is 203 g/mol. The van der Waals surface area contributed by atoms with Gasteiger partial charge in [0.05, 0.1) is 0 Å². The fourth-order valence-electron chi connectivity index (χ4n) is 0.251. The third-order valence-electron chi connectivity index (χ3n) is 0.634. The molecular weight excluding hydrogens is 182 g/mol. The van der Waals surface area contributed by atoms with Gasteiger partial charge in [0.2, 0.25) is 0 Å². The number of carbonyl (C=O) groups excluding carboxylic acids is 2. The molecule has 0 bridgehead atoms. The minimum Gasteiger partial charge on any atom is -0.297 e. The average molecular weight is 203 g/mol. The van der Waals surface area contributed by atoms with E-state index in [9.17, 15) is 9.59 Å². The Kier molecular flexibility index (Phi) is 23.6. The van der Waals surface area contributed by atoms with Crippen LogP contribution in [0.25, 0.3) is 0 Å². The Morgan fingerprint density at radius 3 is 2.00 bits per heavy atom. The van der Waals surface area contributed by atoms with Crippen molar-refractivity contribution in [2.45, 2.75) is 34.6 Å². The summed E-state index contributed by atoms with van der Waals surface area (Å²) < 4.78 is 0. The standard InChI is InChI=1S/C6H9NO3.2C2H6/c1-3-6(9)7-10-4-5(2)8;2*1-2/h3H,1,4H2,2H3,(H,7,9);2*1-2H3. The Morgan fingerprint density at radius 1 is 1.29 bits per heavy atom. The summed E-state index contributed by atoms with van der Waals surface area (Å²) in [6.45, 7) is 12.4. The zero-order valence-corrected chi connectivity index (χ0v) is 9.72. The molecule has 0 aliphatic carbocycles. The molecule has 0 unspecified atom stereocenters. The van der Waals surface area contributed by atoms with Gasteiger partial charge in [-0.3, -0.25) is 14.4 Å². The van der Waals surface area contributed by atoms with Crippen molar-refractivity contribution in [2.75, 3.05) is 6.61 Å². The Morgan fingerprint density at radius 2 is 1.71 bits per heavy atom. The topological polar surface area (TPSA) is 55.4 Å². The van der Waals surface area contributed by atoms with E-state index in [1.807, 2.05) is 33.2 Å². The summed E-state index contributed by atoms with van der Waals surface area (Å²) in [5.41, 5.74) is 1.99. The fraction of sp³-hybridized carbons (Fsp3) is 0.600. The van der Waals surface area contributed by atoms with E-state index in [0.717, 1.165) is 6.08 Å². The maximum atomic E-state index is 10.3. The zero-order valence-electron chi connectivity index (χ0n) is 9.72. The number of nitrogens with one attached hydrogen (secondary N) is 1. The van der Waals surface area contributed by atoms with Crippen LogP contribution in [0.3, 0.4) is 0 Å². The first-order valence-electron chi connectivity index (χ1n) is 4.70. The first-order valence-corrected chi connectivity index (χ1v) is 4.70. The molecule has 0 radical (unpaired) electrons. The number of hydrogen-bond donors (Lipinski definition) is 1. The summed E-state index contributed by atoms with van der Waals surface area (Å²) in [4.78, 5) is 25.0. The van der Waals surface area contributed by atoms with Crippen LogP contribution in [0.2, 0.25) is 0 Å². The second-order valence-corrected chi connectivity index (χ2v) is 1.66. The van der Waals surface area contributed by atoms with Crippen molar-refractivity contribution in [3.8, 4) is 0 Å². The SMILES string of the molecule is C=CC(=O)NOCC(C)=O.CC.CC. The van der Waals surface area contributed by atoms with Crippen molar-refractivity contribution >= 4 is 11.7 Å². The van der Waals surface area contributed by atoms with Crippen LogP contribution in [-0.2, 0) is 14.4 Å². The quantitative estimate of drug-likeness (QED) is 0.560. The lowest BCUT2D eigenvalue weighted by Gasteiger charge is -1.98. The zero-order chi connectivity index (χ0) is 12.0. The maximum absolute atomic E-state index is 10.3. The summed E-state index contributed by atoms with van der Waals surface area (Å²) >= 11 is 0. The van der Waals surface area contributed by atoms with Crippen LogP contribution in [0.15, 0.2) is 12.7 Å². The minimum atomic E-state index is -0.457. The predicted molar refractivity (Wildman–Crippen MR) is 57.7 cm³/mol. The number of rotatable bonds is 4. The van der Waals surface area contributed by atoms with Crippen LogP contribution >= 0.6 is 0 Å². The van der Waals surface area contributed by atoms with E-state index in [1.54, 1.807) is 0 Å². The summed E-state index contributed by atoms with van der Waals surface area (Å²) in [5, 5.41) is 0. The van der Waals surface area contributed by atoms with Crippen molar-refractivity contribution in [3.63, 3.8) is 0 Å². The molecule has 4 nitrogen and oxygen atoms in total. The average Bonchev–Trinajstić information content (AvgIpc) is 2.23. The summed E-state index contributed by atoms with van der Waals surface area (Å²) in [7, 11) is 0. The van der Waals surface area contributed by atoms with Gasteiger partial charge >= 0.3 is 0 Å². The van der Waals surface area contributed by atoms with Gasteiger partial charge in [-0.1, -0.05) is 34.3 Å². The van der Waals surface area contributed by atoms with Crippen molar-refractivity contribution in [1.82, 2.24) is 5.48 Å². The van der Waals surface area contributed by atoms with Crippen LogP contribution < -0.4 is 5.48 Å². The molecule has 0 aromatic carbocycles. The lowest BCUT2D eigenvalue weighted by Crippen LogP contribution is -2.23. The van der Waals surface area contributed by atoms with Gasteiger partial charge in [-0.05, 0) is 13.0 Å². The minimum absolute atomic E-state index is 0.112. The third kappa shape index (κ3) is 22.4. The van der Waals surface area contributed by atoms with Crippen molar-refractivity contribution in [3.05, 3.63) is 12.7 Å². The molecule has 0 aromatic rings. The molecule has 0 rings (SSSR count). The van der Waals surface area contributed by atoms with E-state index < -0.39 is 5.91 Å². The van der Waals surface area contributed by atoms with Gasteiger partial charge in [-0.2, -0.15) is 0 Å². The Labute approximate surface area is 86.3 Å². The number of Topliss-reactive ketones (excluding diaryl/α,β-unsaturated/α-hetero) is 1. The van der Waals surface area contributed by atoms with E-state index in [4.69, 9.17) is 0 Å². The Bertz CT molecular complexity index is 155. The first-order chi connectivity index (χ1) is 6.66. The highest BCUT2D eigenvalue weighted by Crippen LogP contribution is 1.71. The molecule has 0 saturated heterocycles. The third-order valence-corrected chi connectivity index (χ3v) is 0.634. The van der Waals surface area contributed by atoms with Gasteiger partial charge < -0.3 is 0 Å². The lowest BCUT2D eigenvalue weighted by atomic mass is 10.5. The van der Waals surface area contributed by atoms with E-state index in [2.05, 4.69) is 11.4 Å². The Balaban J connectivity index is -0.000000266. The van der Waals surface area contributed by atoms with Gasteiger partial charge in [-0.15, -0.1) is 0 Å². The predicted octanol–water partition coefficient (Wildman–Crippen LogP) is 1.86. The van der Waals surface area contributed by atoms with Crippen LogP contribution in [0, 0.1) is 0 Å². The van der Waals surface area contributed by atoms with Crippen molar-refractivity contribution in [2.24, 2.45) is 0 Å². The molecular formula is C10H21NO3. The number of hydrogen-bond acceptors (Lipinski definition) is 3. The molecule has 0 aliphatic heterocycles. The van der Waals surface area contributed by atoms with Gasteiger partial charge in [0.25, 0.3) is 5.91 Å². The second-order valence-electron chi connectivity index (χ2n) is 1.66. The molecule has 0 spiro atoms. The molecule has 0 aliphatic rings. The molecule has 14 heavy (non-hydrogen) atoms. The molecule has 0 atom stereocenters. The van der Waals surface area contributed by atoms with Crippen LogP contribution in [0.4, 0.5) is 0 Å². The number of ketones is 1. The highest BCUT2D eigenvalue weighted by molar-refractivity contribution is 5.86. The molecule has 0 aromatic heterocycles. The summed E-state index contributed by atoms with van der Waals surface area (Å²) in [6.07, 6.45) is 1.06. The Hall–Kier alpha value is -1.16. The normalized spacial score (nSPS) is 6.93. The smallest absolute Gasteiger partial charge is 0.266 e. The van der Waals surface area contributed by atoms with Gasteiger partial charge in [0.1, 0.15) is 6.61 Å². The lowest BCUT2D eigenvalue weighted by molar-refractivity contribution is -0.133. The highest BCUT2D eigenvalue weighted by atomic mass is 16.7. The van der Waals surface area contributed by atoms with Gasteiger partial charge in [0.15, 0.2) is 5.78 Å². The molecule has 4 heteroatoms. The van der Waals surface area contributed by atoms with E-state index in [1.165, 1.54) is 6.92 Å². The maximum Gasteiger partial charge on any atom is 0.266 e. The van der Waals surface area contributed by atoms with Gasteiger partial charge in [0, 0.05) is 0 Å².